The molecule has 1 amide bonds. The predicted molar refractivity (Wildman–Crippen MR) is 60.6 cm³/mol. The van der Waals surface area contributed by atoms with Gasteiger partial charge >= 0.3 is 0 Å². The fraction of sp³-hybridized carbons (Fsp3) is 0.636. The average molecular weight is 222 g/mol. The van der Waals surface area contributed by atoms with Crippen molar-refractivity contribution in [2.45, 2.75) is 44.3 Å². The number of nitrogens with one attached hydrogen (secondary N) is 1. The molecule has 0 aliphatic heterocycles. The number of amides is 1. The van der Waals surface area contributed by atoms with Crippen LogP contribution in [0.25, 0.3) is 0 Å². The largest absolute Gasteiger partial charge is 0.352 e. The highest BCUT2D eigenvalue weighted by atomic mass is 16.2. The monoisotopic (exact) mass is 222 g/mol. The molecule has 1 heterocycles. The molecule has 0 spiro atoms. The molecule has 5 heteroatoms. The van der Waals surface area contributed by atoms with E-state index < -0.39 is 0 Å². The zero-order valence-corrected chi connectivity index (χ0v) is 9.30. The van der Waals surface area contributed by atoms with Crippen LogP contribution in [-0.4, -0.2) is 27.8 Å². The maximum atomic E-state index is 11.7. The normalized spacial score (nSPS) is 25.3. The second kappa shape index (κ2) is 5.12. The van der Waals surface area contributed by atoms with Crippen molar-refractivity contribution in [3.8, 4) is 0 Å². The Morgan fingerprint density at radius 1 is 1.44 bits per heavy atom. The summed E-state index contributed by atoms with van der Waals surface area (Å²) < 4.78 is 1.63. The molecule has 1 aliphatic carbocycles. The van der Waals surface area contributed by atoms with Crippen LogP contribution in [0.2, 0.25) is 0 Å². The second-order valence-electron chi connectivity index (χ2n) is 4.38. The van der Waals surface area contributed by atoms with E-state index >= 15 is 0 Å². The minimum absolute atomic E-state index is 0.0316. The molecule has 0 bridgehead atoms. The molecular weight excluding hydrogens is 204 g/mol. The van der Waals surface area contributed by atoms with Crippen LogP contribution in [0.1, 0.15) is 25.7 Å². The van der Waals surface area contributed by atoms with Crippen molar-refractivity contribution in [3.63, 3.8) is 0 Å². The molecule has 0 aromatic carbocycles. The van der Waals surface area contributed by atoms with E-state index in [0.29, 0.717) is 18.6 Å². The van der Waals surface area contributed by atoms with Gasteiger partial charge in [0.1, 0.15) is 6.54 Å². The summed E-state index contributed by atoms with van der Waals surface area (Å²) in [5.74, 6) is 0.0316. The van der Waals surface area contributed by atoms with E-state index in [0.717, 1.165) is 25.7 Å². The minimum Gasteiger partial charge on any atom is -0.352 e. The summed E-state index contributed by atoms with van der Waals surface area (Å²) >= 11 is 0. The average Bonchev–Trinajstić information content (AvgIpc) is 2.74. The van der Waals surface area contributed by atoms with Gasteiger partial charge in [-0.2, -0.15) is 5.10 Å². The number of carbonyl (C=O) groups is 1. The topological polar surface area (TPSA) is 72.9 Å². The molecule has 0 saturated heterocycles. The third kappa shape index (κ3) is 3.06. The highest BCUT2D eigenvalue weighted by Gasteiger charge is 2.19. The first-order valence-electron chi connectivity index (χ1n) is 5.76. The van der Waals surface area contributed by atoms with Gasteiger partial charge in [0.2, 0.25) is 5.91 Å². The van der Waals surface area contributed by atoms with E-state index in [-0.39, 0.29) is 5.91 Å². The van der Waals surface area contributed by atoms with Crippen LogP contribution < -0.4 is 11.1 Å². The molecule has 3 N–H and O–H groups in total. The van der Waals surface area contributed by atoms with Crippen LogP contribution in [0, 0.1) is 0 Å². The molecule has 16 heavy (non-hydrogen) atoms. The molecule has 5 nitrogen and oxygen atoms in total. The Morgan fingerprint density at radius 3 is 2.81 bits per heavy atom. The number of hydrogen-bond donors (Lipinski definition) is 2. The van der Waals surface area contributed by atoms with Crippen molar-refractivity contribution < 1.29 is 4.79 Å². The van der Waals surface area contributed by atoms with Gasteiger partial charge in [-0.1, -0.05) is 0 Å². The molecule has 1 fully saturated rings. The fourth-order valence-electron chi connectivity index (χ4n) is 2.08. The summed E-state index contributed by atoms with van der Waals surface area (Å²) in [6.07, 6.45) is 7.46. The quantitative estimate of drug-likeness (QED) is 0.771. The predicted octanol–water partition coefficient (Wildman–Crippen LogP) is 0.269. The van der Waals surface area contributed by atoms with Crippen LogP contribution in [0.3, 0.4) is 0 Å². The lowest BCUT2D eigenvalue weighted by atomic mass is 9.92. The molecule has 1 aliphatic rings. The Labute approximate surface area is 95.0 Å². The van der Waals surface area contributed by atoms with Gasteiger partial charge in [0.05, 0.1) is 0 Å². The standard InChI is InChI=1S/C11H18N4O/c12-9-2-4-10(5-3-9)14-11(16)8-15-7-1-6-13-15/h1,6-7,9-10H,2-5,8,12H2,(H,14,16). The van der Waals surface area contributed by atoms with Crippen molar-refractivity contribution >= 4 is 5.91 Å². The zero-order valence-electron chi connectivity index (χ0n) is 9.30. The van der Waals surface area contributed by atoms with Crippen LogP contribution in [0.4, 0.5) is 0 Å². The van der Waals surface area contributed by atoms with Gasteiger partial charge in [0.15, 0.2) is 0 Å². The number of nitrogens with two attached hydrogens (primary N) is 1. The third-order valence-corrected chi connectivity index (χ3v) is 3.00. The van der Waals surface area contributed by atoms with Crippen molar-refractivity contribution in [2.24, 2.45) is 5.73 Å². The Bertz CT molecular complexity index is 328. The van der Waals surface area contributed by atoms with Crippen molar-refractivity contribution in [1.82, 2.24) is 15.1 Å². The number of rotatable bonds is 3. The maximum absolute atomic E-state index is 11.7. The molecule has 1 aromatic rings. The van der Waals surface area contributed by atoms with E-state index in [4.69, 9.17) is 5.73 Å². The molecule has 0 unspecified atom stereocenters. The first-order chi connectivity index (χ1) is 7.74. The van der Waals surface area contributed by atoms with Gasteiger partial charge in [0, 0.05) is 24.5 Å². The van der Waals surface area contributed by atoms with Crippen molar-refractivity contribution in [3.05, 3.63) is 18.5 Å². The Kier molecular flexibility index (Phi) is 3.56. The molecule has 1 saturated carbocycles. The highest BCUT2D eigenvalue weighted by Crippen LogP contribution is 2.16. The molecule has 2 rings (SSSR count). The van der Waals surface area contributed by atoms with E-state index in [9.17, 15) is 4.79 Å². The van der Waals surface area contributed by atoms with Crippen LogP contribution >= 0.6 is 0 Å². The lowest BCUT2D eigenvalue weighted by Gasteiger charge is -2.26. The Balaban J connectivity index is 1.75. The Hall–Kier alpha value is -1.36. The SMILES string of the molecule is NC1CCC(NC(=O)Cn2cccn2)CC1. The summed E-state index contributed by atoms with van der Waals surface area (Å²) in [5.41, 5.74) is 5.81. The highest BCUT2D eigenvalue weighted by molar-refractivity contribution is 5.75. The summed E-state index contributed by atoms with van der Waals surface area (Å²) in [6, 6.07) is 2.43. The maximum Gasteiger partial charge on any atom is 0.241 e. The van der Waals surface area contributed by atoms with Crippen molar-refractivity contribution in [1.29, 1.82) is 0 Å². The number of hydrogen-bond acceptors (Lipinski definition) is 3. The molecule has 0 radical (unpaired) electrons. The third-order valence-electron chi connectivity index (χ3n) is 3.00. The molecule has 88 valence electrons. The van der Waals surface area contributed by atoms with E-state index in [1.807, 2.05) is 6.07 Å². The fourth-order valence-corrected chi connectivity index (χ4v) is 2.08. The number of carbonyl (C=O) groups excluding carboxylic acids is 1. The van der Waals surface area contributed by atoms with Gasteiger partial charge in [-0.05, 0) is 31.7 Å². The number of aromatic nitrogens is 2. The zero-order chi connectivity index (χ0) is 11.4. The van der Waals surface area contributed by atoms with Crippen molar-refractivity contribution in [2.75, 3.05) is 0 Å². The summed E-state index contributed by atoms with van der Waals surface area (Å²) in [7, 11) is 0. The van der Waals surface area contributed by atoms with Crippen LogP contribution in [0.15, 0.2) is 18.5 Å². The van der Waals surface area contributed by atoms with Gasteiger partial charge in [-0.15, -0.1) is 0 Å². The molecular formula is C11H18N4O. The molecule has 1 aromatic heterocycles. The second-order valence-corrected chi connectivity index (χ2v) is 4.38. The first kappa shape index (κ1) is 11.1. The smallest absolute Gasteiger partial charge is 0.241 e. The lowest BCUT2D eigenvalue weighted by Crippen LogP contribution is -2.41. The summed E-state index contributed by atoms with van der Waals surface area (Å²) in [6.45, 7) is 0.301. The molecule has 0 atom stereocenters. The van der Waals surface area contributed by atoms with E-state index in [1.165, 1.54) is 0 Å². The van der Waals surface area contributed by atoms with Gasteiger partial charge in [0.25, 0.3) is 0 Å². The summed E-state index contributed by atoms with van der Waals surface area (Å²) in [4.78, 5) is 11.7. The van der Waals surface area contributed by atoms with E-state index in [1.54, 1.807) is 17.1 Å². The number of nitrogens with zero attached hydrogens (tertiary/aromatic N) is 2. The van der Waals surface area contributed by atoms with E-state index in [2.05, 4.69) is 10.4 Å². The minimum atomic E-state index is 0.0316. The lowest BCUT2D eigenvalue weighted by molar-refractivity contribution is -0.122. The Morgan fingerprint density at radius 2 is 2.19 bits per heavy atom. The summed E-state index contributed by atoms with van der Waals surface area (Å²) in [5, 5.41) is 7.02. The van der Waals surface area contributed by atoms with Gasteiger partial charge in [-0.3, -0.25) is 9.48 Å². The van der Waals surface area contributed by atoms with Gasteiger partial charge < -0.3 is 11.1 Å². The van der Waals surface area contributed by atoms with Gasteiger partial charge in [-0.25, -0.2) is 0 Å². The van der Waals surface area contributed by atoms with Crippen LogP contribution in [0.5, 0.6) is 0 Å². The van der Waals surface area contributed by atoms with Crippen LogP contribution in [-0.2, 0) is 11.3 Å². The first-order valence-corrected chi connectivity index (χ1v) is 5.76.